The third-order valence-corrected chi connectivity index (χ3v) is 3.95. The van der Waals surface area contributed by atoms with Crippen molar-refractivity contribution in [2.75, 3.05) is 6.61 Å². The van der Waals surface area contributed by atoms with E-state index in [1.54, 1.807) is 13.8 Å². The van der Waals surface area contributed by atoms with Crippen molar-refractivity contribution in [3.8, 4) is 0 Å². The Kier molecular flexibility index (Phi) is 10.6. The predicted molar refractivity (Wildman–Crippen MR) is 98.0 cm³/mol. The first-order valence-electron chi connectivity index (χ1n) is 9.21. The average Bonchev–Trinajstić information content (AvgIpc) is 2.63. The van der Waals surface area contributed by atoms with Gasteiger partial charge in [0.05, 0.1) is 6.61 Å². The van der Waals surface area contributed by atoms with Crippen LogP contribution < -0.4 is 5.32 Å². The maximum atomic E-state index is 12.2. The number of ether oxygens (including phenoxy) is 2. The number of unbranched alkanes of at least 4 members (excludes halogenated alkanes) is 3. The number of carbonyl (C=O) groups is 2. The van der Waals surface area contributed by atoms with Gasteiger partial charge in [-0.15, -0.1) is 0 Å². The van der Waals surface area contributed by atoms with Gasteiger partial charge in [-0.3, -0.25) is 14.9 Å². The number of benzene rings is 1. The van der Waals surface area contributed by atoms with Crippen LogP contribution in [0.4, 0.5) is 0 Å². The zero-order chi connectivity index (χ0) is 18.5. The monoisotopic (exact) mass is 349 g/mol. The Labute approximate surface area is 151 Å². The Morgan fingerprint density at radius 1 is 1.00 bits per heavy atom. The van der Waals surface area contributed by atoms with E-state index in [2.05, 4.69) is 12.2 Å². The molecule has 0 aromatic heterocycles. The van der Waals surface area contributed by atoms with E-state index < -0.39 is 12.1 Å². The van der Waals surface area contributed by atoms with Crippen LogP contribution in [0, 0.1) is 0 Å². The van der Waals surface area contributed by atoms with E-state index in [1.165, 1.54) is 0 Å². The van der Waals surface area contributed by atoms with E-state index >= 15 is 0 Å². The minimum atomic E-state index is -0.565. The molecule has 0 spiro atoms. The molecule has 0 radical (unpaired) electrons. The summed E-state index contributed by atoms with van der Waals surface area (Å²) in [4.78, 5) is 24.3. The summed E-state index contributed by atoms with van der Waals surface area (Å²) in [5.74, 6) is -0.673. The standard InChI is InChI=1S/C20H31NO4/c1-4-6-7-11-14-18(20(23)24-5-2)21-16(3)19(22)25-15-17-12-9-8-10-13-17/h8-10,12-13,16,18,21H,4-7,11,14-15H2,1-3H3/t16-,18+/m0/s1. The van der Waals surface area contributed by atoms with E-state index in [4.69, 9.17) is 9.47 Å². The van der Waals surface area contributed by atoms with Gasteiger partial charge in [-0.25, -0.2) is 0 Å². The molecular formula is C20H31NO4. The van der Waals surface area contributed by atoms with Gasteiger partial charge in [0.2, 0.25) is 0 Å². The molecule has 1 rings (SSSR count). The second-order valence-electron chi connectivity index (χ2n) is 6.14. The van der Waals surface area contributed by atoms with E-state index in [1.807, 2.05) is 30.3 Å². The molecule has 0 saturated heterocycles. The molecule has 1 aromatic rings. The number of esters is 2. The van der Waals surface area contributed by atoms with Gasteiger partial charge in [-0.1, -0.05) is 62.9 Å². The fourth-order valence-electron chi connectivity index (χ4n) is 2.51. The Morgan fingerprint density at radius 3 is 2.36 bits per heavy atom. The van der Waals surface area contributed by atoms with Crippen LogP contribution in [0.5, 0.6) is 0 Å². The number of nitrogens with one attached hydrogen (secondary N) is 1. The Morgan fingerprint density at radius 2 is 1.72 bits per heavy atom. The van der Waals surface area contributed by atoms with Gasteiger partial charge in [0, 0.05) is 0 Å². The first-order chi connectivity index (χ1) is 12.1. The van der Waals surface area contributed by atoms with Crippen LogP contribution in [0.2, 0.25) is 0 Å². The lowest BCUT2D eigenvalue weighted by molar-refractivity contribution is -0.149. The van der Waals surface area contributed by atoms with Gasteiger partial charge in [0.25, 0.3) is 0 Å². The zero-order valence-corrected chi connectivity index (χ0v) is 15.6. The van der Waals surface area contributed by atoms with Crippen LogP contribution in [0.3, 0.4) is 0 Å². The van der Waals surface area contributed by atoms with E-state index in [0.29, 0.717) is 13.0 Å². The SMILES string of the molecule is CCCCCC[C@@H](N[C@@H](C)C(=O)OCc1ccccc1)C(=O)OCC. The molecule has 0 heterocycles. The van der Waals surface area contributed by atoms with Gasteiger partial charge >= 0.3 is 11.9 Å². The highest BCUT2D eigenvalue weighted by Gasteiger charge is 2.25. The lowest BCUT2D eigenvalue weighted by atomic mass is 10.1. The summed E-state index contributed by atoms with van der Waals surface area (Å²) >= 11 is 0. The maximum absolute atomic E-state index is 12.2. The van der Waals surface area contributed by atoms with E-state index in [9.17, 15) is 9.59 Å². The van der Waals surface area contributed by atoms with Gasteiger partial charge < -0.3 is 9.47 Å². The average molecular weight is 349 g/mol. The largest absolute Gasteiger partial charge is 0.465 e. The van der Waals surface area contributed by atoms with Crippen molar-refractivity contribution in [2.45, 2.75) is 71.6 Å². The molecule has 0 aliphatic rings. The number of carbonyl (C=O) groups excluding carboxylic acids is 2. The van der Waals surface area contributed by atoms with Crippen LogP contribution in [0.15, 0.2) is 30.3 Å². The third-order valence-electron chi connectivity index (χ3n) is 3.95. The van der Waals surface area contributed by atoms with Crippen molar-refractivity contribution < 1.29 is 19.1 Å². The van der Waals surface area contributed by atoms with Crippen LogP contribution in [-0.4, -0.2) is 30.6 Å². The van der Waals surface area contributed by atoms with E-state index in [-0.39, 0.29) is 18.5 Å². The fourth-order valence-corrected chi connectivity index (χ4v) is 2.51. The summed E-state index contributed by atoms with van der Waals surface area (Å²) in [6.07, 6.45) is 4.94. The smallest absolute Gasteiger partial charge is 0.323 e. The molecule has 0 fully saturated rings. The third kappa shape index (κ3) is 8.68. The first kappa shape index (κ1) is 21.2. The van der Waals surface area contributed by atoms with E-state index in [0.717, 1.165) is 31.2 Å². The van der Waals surface area contributed by atoms with Gasteiger partial charge in [-0.2, -0.15) is 0 Å². The molecule has 25 heavy (non-hydrogen) atoms. The molecule has 0 amide bonds. The molecule has 1 aromatic carbocycles. The summed E-state index contributed by atoms with van der Waals surface area (Å²) in [6, 6.07) is 8.48. The Balaban J connectivity index is 2.49. The number of hydrogen-bond donors (Lipinski definition) is 1. The van der Waals surface area contributed by atoms with Crippen molar-refractivity contribution in [1.29, 1.82) is 0 Å². The second-order valence-corrected chi connectivity index (χ2v) is 6.14. The molecule has 0 aliphatic carbocycles. The maximum Gasteiger partial charge on any atom is 0.323 e. The van der Waals surface area contributed by atoms with Crippen LogP contribution in [0.25, 0.3) is 0 Å². The molecule has 1 N–H and O–H groups in total. The molecule has 0 bridgehead atoms. The number of rotatable bonds is 12. The predicted octanol–water partition coefficient (Wildman–Crippen LogP) is 3.61. The van der Waals surface area contributed by atoms with Gasteiger partial charge in [-0.05, 0) is 25.8 Å². The highest BCUT2D eigenvalue weighted by molar-refractivity contribution is 5.79. The molecule has 0 saturated carbocycles. The Bertz CT molecular complexity index is 504. The van der Waals surface area contributed by atoms with Gasteiger partial charge in [0.1, 0.15) is 18.7 Å². The van der Waals surface area contributed by atoms with Crippen molar-refractivity contribution in [3.05, 3.63) is 35.9 Å². The molecular weight excluding hydrogens is 318 g/mol. The highest BCUT2D eigenvalue weighted by atomic mass is 16.5. The van der Waals surface area contributed by atoms with Crippen LogP contribution >= 0.6 is 0 Å². The second kappa shape index (κ2) is 12.5. The molecule has 140 valence electrons. The topological polar surface area (TPSA) is 64.6 Å². The summed E-state index contributed by atoms with van der Waals surface area (Å²) in [7, 11) is 0. The lowest BCUT2D eigenvalue weighted by Crippen LogP contribution is -2.46. The van der Waals surface area contributed by atoms with Crippen molar-refractivity contribution in [3.63, 3.8) is 0 Å². The highest BCUT2D eigenvalue weighted by Crippen LogP contribution is 2.09. The molecule has 5 nitrogen and oxygen atoms in total. The molecule has 0 aliphatic heterocycles. The summed E-state index contributed by atoms with van der Waals surface area (Å²) in [5, 5.41) is 3.07. The fraction of sp³-hybridized carbons (Fsp3) is 0.600. The minimum absolute atomic E-state index is 0.228. The van der Waals surface area contributed by atoms with Crippen LogP contribution in [0.1, 0.15) is 58.4 Å². The van der Waals surface area contributed by atoms with Gasteiger partial charge in [0.15, 0.2) is 0 Å². The zero-order valence-electron chi connectivity index (χ0n) is 15.6. The number of hydrogen-bond acceptors (Lipinski definition) is 5. The lowest BCUT2D eigenvalue weighted by Gasteiger charge is -2.21. The van der Waals surface area contributed by atoms with Crippen LogP contribution in [-0.2, 0) is 25.7 Å². The van der Waals surface area contributed by atoms with Crippen molar-refractivity contribution in [1.82, 2.24) is 5.32 Å². The summed E-state index contributed by atoms with van der Waals surface area (Å²) in [5.41, 5.74) is 0.935. The quantitative estimate of drug-likeness (QED) is 0.461. The minimum Gasteiger partial charge on any atom is -0.465 e. The Hall–Kier alpha value is -1.88. The molecule has 0 unspecified atom stereocenters. The summed E-state index contributed by atoms with van der Waals surface area (Å²) < 4.78 is 10.4. The van der Waals surface area contributed by atoms with Crippen molar-refractivity contribution >= 4 is 11.9 Å². The molecule has 5 heteroatoms. The molecule has 2 atom stereocenters. The summed E-state index contributed by atoms with van der Waals surface area (Å²) in [6.45, 7) is 6.20. The first-order valence-corrected chi connectivity index (χ1v) is 9.21. The normalized spacial score (nSPS) is 13.1. The van der Waals surface area contributed by atoms with Crippen molar-refractivity contribution in [2.24, 2.45) is 0 Å².